The molecular formula is C24H18O4. The first-order valence-corrected chi connectivity index (χ1v) is 8.99. The Morgan fingerprint density at radius 2 is 1.18 bits per heavy atom. The molecule has 4 nitrogen and oxygen atoms in total. The number of ether oxygens (including phenoxy) is 1. The number of hydrogen-bond donors (Lipinski definition) is 0. The van der Waals surface area contributed by atoms with Gasteiger partial charge in [0.1, 0.15) is 11.2 Å². The SMILES string of the molecule is CC(=O)c1ccc(C2(c3ccc(C(C)=O)cc3)C(=O)Oc3ccccc32)cc1. The Balaban J connectivity index is 1.98. The second-order valence-corrected chi connectivity index (χ2v) is 6.90. The van der Waals surface area contributed by atoms with E-state index in [9.17, 15) is 14.4 Å². The van der Waals surface area contributed by atoms with Gasteiger partial charge in [-0.15, -0.1) is 0 Å². The standard InChI is InChI=1S/C24H18O4/c1-15(25)17-7-11-19(12-8-17)24(20-13-9-18(10-14-20)16(2)26)21-5-3-4-6-22(21)28-23(24)27/h3-14H,1-2H3. The molecule has 0 N–H and O–H groups in total. The van der Waals surface area contributed by atoms with Crippen molar-refractivity contribution in [2.24, 2.45) is 0 Å². The van der Waals surface area contributed by atoms with Crippen molar-refractivity contribution in [3.8, 4) is 5.75 Å². The van der Waals surface area contributed by atoms with Crippen molar-refractivity contribution in [3.05, 3.63) is 101 Å². The lowest BCUT2D eigenvalue weighted by Gasteiger charge is -2.27. The Labute approximate surface area is 162 Å². The number of para-hydroxylation sites is 1. The number of esters is 1. The van der Waals surface area contributed by atoms with Gasteiger partial charge in [0.05, 0.1) is 0 Å². The Morgan fingerprint density at radius 3 is 1.64 bits per heavy atom. The number of benzene rings is 3. The normalized spacial score (nSPS) is 14.3. The topological polar surface area (TPSA) is 60.4 Å². The third-order valence-electron chi connectivity index (χ3n) is 5.25. The van der Waals surface area contributed by atoms with E-state index in [4.69, 9.17) is 4.74 Å². The van der Waals surface area contributed by atoms with Gasteiger partial charge in [-0.05, 0) is 31.0 Å². The number of carbonyl (C=O) groups is 3. The summed E-state index contributed by atoms with van der Waals surface area (Å²) >= 11 is 0. The van der Waals surface area contributed by atoms with Crippen molar-refractivity contribution < 1.29 is 19.1 Å². The monoisotopic (exact) mass is 370 g/mol. The van der Waals surface area contributed by atoms with Crippen molar-refractivity contribution >= 4 is 17.5 Å². The first-order chi connectivity index (χ1) is 13.4. The minimum absolute atomic E-state index is 0.0409. The van der Waals surface area contributed by atoms with Gasteiger partial charge in [0.25, 0.3) is 0 Å². The molecule has 0 aliphatic carbocycles. The van der Waals surface area contributed by atoms with Crippen molar-refractivity contribution in [1.29, 1.82) is 0 Å². The number of hydrogen-bond acceptors (Lipinski definition) is 4. The molecule has 28 heavy (non-hydrogen) atoms. The van der Waals surface area contributed by atoms with Crippen LogP contribution in [0.15, 0.2) is 72.8 Å². The number of fused-ring (bicyclic) bond motifs is 1. The molecule has 1 aliphatic heterocycles. The Morgan fingerprint density at radius 1 is 0.714 bits per heavy atom. The second-order valence-electron chi connectivity index (χ2n) is 6.90. The lowest BCUT2D eigenvalue weighted by Crippen LogP contribution is -2.36. The van der Waals surface area contributed by atoms with E-state index in [0.29, 0.717) is 28.0 Å². The van der Waals surface area contributed by atoms with Crippen molar-refractivity contribution in [3.63, 3.8) is 0 Å². The number of Topliss-reactive ketones (excluding diaryl/α,β-unsaturated/α-hetero) is 2. The highest BCUT2D eigenvalue weighted by Crippen LogP contribution is 2.48. The van der Waals surface area contributed by atoms with Crippen LogP contribution in [0.4, 0.5) is 0 Å². The molecule has 0 fully saturated rings. The molecule has 0 aromatic heterocycles. The Hall–Kier alpha value is -3.53. The maximum atomic E-state index is 13.2. The molecule has 0 radical (unpaired) electrons. The maximum Gasteiger partial charge on any atom is 0.331 e. The maximum absolute atomic E-state index is 13.2. The van der Waals surface area contributed by atoms with E-state index in [-0.39, 0.29) is 11.6 Å². The molecule has 0 saturated carbocycles. The molecule has 1 aliphatic rings. The van der Waals surface area contributed by atoms with Gasteiger partial charge in [-0.3, -0.25) is 9.59 Å². The zero-order valence-electron chi connectivity index (χ0n) is 15.6. The molecule has 3 aromatic rings. The van der Waals surface area contributed by atoms with E-state index in [1.165, 1.54) is 13.8 Å². The highest BCUT2D eigenvalue weighted by Gasteiger charge is 2.51. The zero-order chi connectivity index (χ0) is 19.9. The summed E-state index contributed by atoms with van der Waals surface area (Å²) in [5, 5.41) is 0. The quantitative estimate of drug-likeness (QED) is 0.389. The second kappa shape index (κ2) is 6.57. The van der Waals surface area contributed by atoms with Crippen LogP contribution in [-0.4, -0.2) is 17.5 Å². The molecule has 0 spiro atoms. The van der Waals surface area contributed by atoms with Crippen LogP contribution >= 0.6 is 0 Å². The highest BCUT2D eigenvalue weighted by molar-refractivity contribution is 6.00. The predicted molar refractivity (Wildman–Crippen MR) is 105 cm³/mol. The highest BCUT2D eigenvalue weighted by atomic mass is 16.5. The summed E-state index contributed by atoms with van der Waals surface area (Å²) < 4.78 is 5.61. The van der Waals surface area contributed by atoms with Crippen LogP contribution in [0.1, 0.15) is 51.3 Å². The molecule has 0 amide bonds. The third kappa shape index (κ3) is 2.57. The summed E-state index contributed by atoms with van der Waals surface area (Å²) in [5.74, 6) is 0.0280. The Bertz CT molecular complexity index is 1030. The minimum atomic E-state index is -1.15. The fraction of sp³-hybridized carbons (Fsp3) is 0.125. The molecule has 138 valence electrons. The van der Waals surface area contributed by atoms with Gasteiger partial charge in [0.2, 0.25) is 0 Å². The first kappa shape index (κ1) is 17.9. The van der Waals surface area contributed by atoms with Crippen molar-refractivity contribution in [2.75, 3.05) is 0 Å². The first-order valence-electron chi connectivity index (χ1n) is 8.99. The van der Waals surface area contributed by atoms with E-state index in [2.05, 4.69) is 0 Å². The number of ketones is 2. The van der Waals surface area contributed by atoms with Crippen LogP contribution < -0.4 is 4.74 Å². The minimum Gasteiger partial charge on any atom is -0.425 e. The summed E-state index contributed by atoms with van der Waals surface area (Å²) in [4.78, 5) is 36.6. The number of rotatable bonds is 4. The smallest absolute Gasteiger partial charge is 0.331 e. The fourth-order valence-corrected chi connectivity index (χ4v) is 3.78. The average molecular weight is 370 g/mol. The van der Waals surface area contributed by atoms with Gasteiger partial charge in [-0.25, -0.2) is 4.79 Å². The van der Waals surface area contributed by atoms with Gasteiger partial charge in [0, 0.05) is 16.7 Å². The van der Waals surface area contributed by atoms with Gasteiger partial charge in [0.15, 0.2) is 11.6 Å². The van der Waals surface area contributed by atoms with E-state index < -0.39 is 11.4 Å². The third-order valence-corrected chi connectivity index (χ3v) is 5.25. The summed E-state index contributed by atoms with van der Waals surface area (Å²) in [7, 11) is 0. The van der Waals surface area contributed by atoms with E-state index in [1.807, 2.05) is 18.2 Å². The summed E-state index contributed by atoms with van der Waals surface area (Å²) in [6.07, 6.45) is 0. The van der Waals surface area contributed by atoms with Crippen LogP contribution in [0.25, 0.3) is 0 Å². The molecule has 4 heteroatoms. The van der Waals surface area contributed by atoms with Gasteiger partial charge in [-0.2, -0.15) is 0 Å². The molecule has 0 bridgehead atoms. The molecule has 0 saturated heterocycles. The molecule has 0 atom stereocenters. The largest absolute Gasteiger partial charge is 0.425 e. The number of carbonyl (C=O) groups excluding carboxylic acids is 3. The van der Waals surface area contributed by atoms with E-state index in [0.717, 1.165) is 5.56 Å². The lowest BCUT2D eigenvalue weighted by molar-refractivity contribution is -0.135. The van der Waals surface area contributed by atoms with Crippen molar-refractivity contribution in [2.45, 2.75) is 19.3 Å². The van der Waals surface area contributed by atoms with Gasteiger partial charge >= 0.3 is 5.97 Å². The summed E-state index contributed by atoms with van der Waals surface area (Å²) in [6.45, 7) is 3.01. The molecular weight excluding hydrogens is 352 g/mol. The van der Waals surface area contributed by atoms with Gasteiger partial charge in [-0.1, -0.05) is 66.7 Å². The van der Waals surface area contributed by atoms with Crippen LogP contribution in [-0.2, 0) is 10.2 Å². The average Bonchev–Trinajstić information content (AvgIpc) is 3.00. The Kier molecular flexibility index (Phi) is 4.19. The fourth-order valence-electron chi connectivity index (χ4n) is 3.78. The predicted octanol–water partition coefficient (Wildman–Crippen LogP) is 4.35. The molecule has 0 unspecified atom stereocenters. The van der Waals surface area contributed by atoms with Gasteiger partial charge < -0.3 is 4.74 Å². The van der Waals surface area contributed by atoms with Crippen LogP contribution in [0.3, 0.4) is 0 Å². The lowest BCUT2D eigenvalue weighted by atomic mass is 9.70. The van der Waals surface area contributed by atoms with Crippen molar-refractivity contribution in [1.82, 2.24) is 0 Å². The molecule has 1 heterocycles. The van der Waals surface area contributed by atoms with Crippen LogP contribution in [0, 0.1) is 0 Å². The zero-order valence-corrected chi connectivity index (χ0v) is 15.6. The molecule has 3 aromatic carbocycles. The van der Waals surface area contributed by atoms with Crippen LogP contribution in [0.5, 0.6) is 5.75 Å². The summed E-state index contributed by atoms with van der Waals surface area (Å²) in [6, 6.07) is 21.4. The summed E-state index contributed by atoms with van der Waals surface area (Å²) in [5.41, 5.74) is 2.16. The van der Waals surface area contributed by atoms with E-state index in [1.54, 1.807) is 54.6 Å². The molecule has 4 rings (SSSR count). The van der Waals surface area contributed by atoms with E-state index >= 15 is 0 Å². The van der Waals surface area contributed by atoms with Crippen LogP contribution in [0.2, 0.25) is 0 Å².